The van der Waals surface area contributed by atoms with E-state index in [1.807, 2.05) is 0 Å². The molecule has 3 aromatic rings. The fourth-order valence-corrected chi connectivity index (χ4v) is 3.76. The highest BCUT2D eigenvalue weighted by atomic mass is 35.5. The molecule has 11 heteroatoms. The van der Waals surface area contributed by atoms with Gasteiger partial charge in [0.05, 0.1) is 21.5 Å². The quantitative estimate of drug-likeness (QED) is 0.462. The number of carbonyl (C=O) groups is 1. The summed E-state index contributed by atoms with van der Waals surface area (Å²) in [5.74, 6) is 0.289. The average molecular weight is 485 g/mol. The molecule has 6 nitrogen and oxygen atoms in total. The second-order valence-electron chi connectivity index (χ2n) is 7.36. The van der Waals surface area contributed by atoms with E-state index in [0.717, 1.165) is 25.0 Å². The van der Waals surface area contributed by atoms with Gasteiger partial charge in [-0.2, -0.15) is 13.2 Å². The Balaban J connectivity index is 1.43. The van der Waals surface area contributed by atoms with E-state index in [1.54, 1.807) is 23.1 Å². The lowest BCUT2D eigenvalue weighted by Crippen LogP contribution is -2.41. The lowest BCUT2D eigenvalue weighted by Gasteiger charge is -2.31. The molecule has 0 saturated carbocycles. The molecule has 0 radical (unpaired) electrons. The van der Waals surface area contributed by atoms with Crippen molar-refractivity contribution in [1.29, 1.82) is 0 Å². The van der Waals surface area contributed by atoms with Gasteiger partial charge in [0.1, 0.15) is 0 Å². The molecule has 1 atom stereocenters. The largest absolute Gasteiger partial charge is 0.420 e. The molecule has 168 valence electrons. The summed E-state index contributed by atoms with van der Waals surface area (Å²) in [5, 5.41) is 11.5. The molecule has 1 saturated heterocycles. The monoisotopic (exact) mass is 484 g/mol. The fraction of sp³-hybridized carbons (Fsp3) is 0.286. The topological polar surface area (TPSA) is 71.3 Å². The van der Waals surface area contributed by atoms with Crippen molar-refractivity contribution in [1.82, 2.24) is 15.1 Å². The van der Waals surface area contributed by atoms with Crippen LogP contribution < -0.4 is 5.32 Å². The molecule has 1 aliphatic rings. The van der Waals surface area contributed by atoms with Gasteiger partial charge in [-0.05, 0) is 55.3 Å². The molecule has 0 aliphatic carbocycles. The van der Waals surface area contributed by atoms with Crippen molar-refractivity contribution in [2.45, 2.75) is 24.9 Å². The fourth-order valence-electron chi connectivity index (χ4n) is 3.46. The number of rotatable bonds is 3. The van der Waals surface area contributed by atoms with Crippen molar-refractivity contribution in [2.75, 3.05) is 18.4 Å². The van der Waals surface area contributed by atoms with E-state index < -0.39 is 11.7 Å². The highest BCUT2D eigenvalue weighted by Crippen LogP contribution is 2.32. The van der Waals surface area contributed by atoms with Gasteiger partial charge in [-0.1, -0.05) is 23.2 Å². The number of aromatic nitrogens is 2. The van der Waals surface area contributed by atoms with Gasteiger partial charge < -0.3 is 14.6 Å². The van der Waals surface area contributed by atoms with Crippen LogP contribution in [0.1, 0.15) is 30.2 Å². The highest BCUT2D eigenvalue weighted by Gasteiger charge is 2.31. The van der Waals surface area contributed by atoms with Crippen molar-refractivity contribution >= 4 is 34.9 Å². The Morgan fingerprint density at radius 2 is 1.84 bits per heavy atom. The van der Waals surface area contributed by atoms with Crippen LogP contribution in [0.3, 0.4) is 0 Å². The van der Waals surface area contributed by atoms with Crippen molar-refractivity contribution < 1.29 is 22.4 Å². The predicted molar refractivity (Wildman–Crippen MR) is 114 cm³/mol. The number of nitrogens with one attached hydrogen (secondary N) is 1. The number of halogens is 5. The molecule has 0 spiro atoms. The van der Waals surface area contributed by atoms with E-state index in [-0.39, 0.29) is 17.8 Å². The van der Waals surface area contributed by atoms with Crippen LogP contribution in [-0.2, 0) is 6.18 Å². The maximum atomic E-state index is 12.7. The number of benzene rings is 2. The summed E-state index contributed by atoms with van der Waals surface area (Å²) in [6.45, 7) is 0.922. The molecular formula is C21H17Cl2F3N4O2. The molecule has 2 aromatic carbocycles. The molecule has 1 aromatic heterocycles. The Hall–Kier alpha value is -2.78. The van der Waals surface area contributed by atoms with E-state index in [1.165, 1.54) is 12.1 Å². The lowest BCUT2D eigenvalue weighted by atomic mass is 9.98. The van der Waals surface area contributed by atoms with Gasteiger partial charge in [-0.15, -0.1) is 10.2 Å². The molecule has 2 heterocycles. The van der Waals surface area contributed by atoms with Gasteiger partial charge in [0.2, 0.25) is 11.8 Å². The number of alkyl halides is 3. The van der Waals surface area contributed by atoms with Crippen LogP contribution in [0.25, 0.3) is 11.5 Å². The van der Waals surface area contributed by atoms with Crippen LogP contribution in [0.2, 0.25) is 10.0 Å². The third kappa shape index (κ3) is 4.99. The zero-order chi connectivity index (χ0) is 22.9. The number of nitrogens with zero attached hydrogens (tertiary/aromatic N) is 3. The Morgan fingerprint density at radius 3 is 2.53 bits per heavy atom. The maximum Gasteiger partial charge on any atom is 0.416 e. The van der Waals surface area contributed by atoms with Crippen LogP contribution in [0.5, 0.6) is 0 Å². The van der Waals surface area contributed by atoms with Crippen molar-refractivity contribution in [2.24, 2.45) is 0 Å². The first-order chi connectivity index (χ1) is 15.2. The number of amides is 2. The summed E-state index contributed by atoms with van der Waals surface area (Å²) in [6, 6.07) is 9.04. The van der Waals surface area contributed by atoms with Crippen LogP contribution >= 0.6 is 23.2 Å². The summed E-state index contributed by atoms with van der Waals surface area (Å²) in [7, 11) is 0. The van der Waals surface area contributed by atoms with E-state index in [2.05, 4.69) is 15.5 Å². The lowest BCUT2D eigenvalue weighted by molar-refractivity contribution is -0.137. The summed E-state index contributed by atoms with van der Waals surface area (Å²) >= 11 is 11.9. The number of hydrogen-bond donors (Lipinski definition) is 1. The smallest absolute Gasteiger partial charge is 0.416 e. The number of urea groups is 1. The number of hydrogen-bond acceptors (Lipinski definition) is 4. The van der Waals surface area contributed by atoms with Crippen LogP contribution in [0.4, 0.5) is 23.7 Å². The Kier molecular flexibility index (Phi) is 6.30. The van der Waals surface area contributed by atoms with Gasteiger partial charge >= 0.3 is 12.2 Å². The van der Waals surface area contributed by atoms with Crippen LogP contribution in [0, 0.1) is 0 Å². The van der Waals surface area contributed by atoms with E-state index in [0.29, 0.717) is 40.3 Å². The standard InChI is InChI=1S/C21H17Cl2F3N4O2/c22-16-8-7-15(10-17(16)23)27-20(31)30-9-1-2-13(11-30)19-29-28-18(32-19)12-3-5-14(6-4-12)21(24,25)26/h3-8,10,13H,1-2,9,11H2,(H,27,31). The van der Waals surface area contributed by atoms with Gasteiger partial charge in [-0.3, -0.25) is 0 Å². The minimum absolute atomic E-state index is 0.131. The van der Waals surface area contributed by atoms with Gasteiger partial charge in [0.15, 0.2) is 0 Å². The predicted octanol–water partition coefficient (Wildman–Crippen LogP) is 6.47. The number of likely N-dealkylation sites (tertiary alicyclic amines) is 1. The van der Waals surface area contributed by atoms with Crippen molar-refractivity contribution in [3.63, 3.8) is 0 Å². The minimum Gasteiger partial charge on any atom is -0.420 e. The third-order valence-corrected chi connectivity index (χ3v) is 5.87. The summed E-state index contributed by atoms with van der Waals surface area (Å²) in [4.78, 5) is 14.3. The highest BCUT2D eigenvalue weighted by molar-refractivity contribution is 6.42. The molecule has 0 bridgehead atoms. The van der Waals surface area contributed by atoms with Crippen LogP contribution in [-0.4, -0.2) is 34.2 Å². The summed E-state index contributed by atoms with van der Waals surface area (Å²) in [6.07, 6.45) is -2.94. The van der Waals surface area contributed by atoms with E-state index in [9.17, 15) is 18.0 Å². The van der Waals surface area contributed by atoms with E-state index >= 15 is 0 Å². The van der Waals surface area contributed by atoms with Crippen molar-refractivity contribution in [3.8, 4) is 11.5 Å². The summed E-state index contributed by atoms with van der Waals surface area (Å²) in [5.41, 5.74) is 0.160. The molecule has 4 rings (SSSR count). The number of anilines is 1. The maximum absolute atomic E-state index is 12.7. The Morgan fingerprint density at radius 1 is 1.09 bits per heavy atom. The number of piperidine rings is 1. The molecule has 32 heavy (non-hydrogen) atoms. The third-order valence-electron chi connectivity index (χ3n) is 5.13. The second kappa shape index (κ2) is 8.99. The van der Waals surface area contributed by atoms with Gasteiger partial charge in [0.25, 0.3) is 0 Å². The van der Waals surface area contributed by atoms with Gasteiger partial charge in [0, 0.05) is 24.3 Å². The Labute approximate surface area is 191 Å². The van der Waals surface area contributed by atoms with Crippen molar-refractivity contribution in [3.05, 3.63) is 64.0 Å². The first-order valence-electron chi connectivity index (χ1n) is 9.73. The molecule has 1 N–H and O–H groups in total. The second-order valence-corrected chi connectivity index (χ2v) is 8.18. The molecule has 1 unspecified atom stereocenters. The summed E-state index contributed by atoms with van der Waals surface area (Å²) < 4.78 is 44.0. The first kappa shape index (κ1) is 22.4. The molecule has 1 fully saturated rings. The minimum atomic E-state index is -4.41. The first-order valence-corrected chi connectivity index (χ1v) is 10.5. The van der Waals surface area contributed by atoms with Gasteiger partial charge in [-0.25, -0.2) is 4.79 Å². The number of carbonyl (C=O) groups excluding carboxylic acids is 1. The molecule has 2 amide bonds. The average Bonchev–Trinajstić information content (AvgIpc) is 3.26. The normalized spacial score (nSPS) is 16.8. The zero-order valence-electron chi connectivity index (χ0n) is 16.5. The Bertz CT molecular complexity index is 1120. The van der Waals surface area contributed by atoms with E-state index in [4.69, 9.17) is 27.6 Å². The van der Waals surface area contributed by atoms with Crippen LogP contribution in [0.15, 0.2) is 46.9 Å². The SMILES string of the molecule is O=C(Nc1ccc(Cl)c(Cl)c1)N1CCCC(c2nnc(-c3ccc(C(F)(F)F)cc3)o2)C1. The molecular weight excluding hydrogens is 468 g/mol. The molecule has 1 aliphatic heterocycles. The zero-order valence-corrected chi connectivity index (χ0v) is 18.0.